The quantitative estimate of drug-likeness (QED) is 0.939. The van der Waals surface area contributed by atoms with Gasteiger partial charge in [-0.1, -0.05) is 40.2 Å². The molecule has 0 spiro atoms. The van der Waals surface area contributed by atoms with Crippen molar-refractivity contribution in [1.29, 1.82) is 0 Å². The average molecular weight is 310 g/mol. The molecular weight excluding hydrogens is 297 g/mol. The molecule has 0 aliphatic rings. The summed E-state index contributed by atoms with van der Waals surface area (Å²) >= 11 is 3.42. The predicted octanol–water partition coefficient (Wildman–Crippen LogP) is 3.64. The van der Waals surface area contributed by atoms with Crippen LogP contribution in [0.15, 0.2) is 46.9 Å². The Morgan fingerprint density at radius 3 is 2.50 bits per heavy atom. The van der Waals surface area contributed by atoms with E-state index in [1.54, 1.807) is 12.1 Å². The molecule has 0 aliphatic heterocycles. The van der Waals surface area contributed by atoms with E-state index >= 15 is 0 Å². The van der Waals surface area contributed by atoms with E-state index in [9.17, 15) is 4.39 Å². The van der Waals surface area contributed by atoms with Gasteiger partial charge in [0, 0.05) is 16.1 Å². The molecule has 94 valence electrons. The largest absolute Gasteiger partial charge is 0.497 e. The molecule has 0 saturated carbocycles. The summed E-state index contributed by atoms with van der Waals surface area (Å²) in [7, 11) is 1.50. The number of rotatable bonds is 3. The van der Waals surface area contributed by atoms with Gasteiger partial charge in [0.25, 0.3) is 0 Å². The van der Waals surface area contributed by atoms with Crippen molar-refractivity contribution in [3.05, 3.63) is 63.9 Å². The van der Waals surface area contributed by atoms with Gasteiger partial charge in [-0.15, -0.1) is 0 Å². The summed E-state index contributed by atoms with van der Waals surface area (Å²) in [6.07, 6.45) is 0. The molecule has 4 heteroatoms. The lowest BCUT2D eigenvalue weighted by Crippen LogP contribution is -2.14. The fourth-order valence-electron chi connectivity index (χ4n) is 1.78. The monoisotopic (exact) mass is 309 g/mol. The first-order chi connectivity index (χ1) is 8.63. The van der Waals surface area contributed by atoms with Crippen molar-refractivity contribution in [3.63, 3.8) is 0 Å². The lowest BCUT2D eigenvalue weighted by atomic mass is 9.99. The van der Waals surface area contributed by atoms with Crippen LogP contribution in [0.2, 0.25) is 0 Å². The number of ether oxygens (including phenoxy) is 1. The summed E-state index contributed by atoms with van der Waals surface area (Å²) in [6.45, 7) is 0. The Hall–Kier alpha value is -1.39. The number of halogens is 2. The van der Waals surface area contributed by atoms with Gasteiger partial charge < -0.3 is 10.5 Å². The Labute approximate surface area is 114 Å². The van der Waals surface area contributed by atoms with Crippen molar-refractivity contribution in [2.75, 3.05) is 7.11 Å². The van der Waals surface area contributed by atoms with Crippen molar-refractivity contribution in [2.45, 2.75) is 6.04 Å². The normalized spacial score (nSPS) is 12.2. The van der Waals surface area contributed by atoms with Gasteiger partial charge in [-0.05, 0) is 17.7 Å². The van der Waals surface area contributed by atoms with Gasteiger partial charge in [0.1, 0.15) is 11.6 Å². The van der Waals surface area contributed by atoms with Crippen LogP contribution in [0.25, 0.3) is 0 Å². The third-order valence-corrected chi connectivity index (χ3v) is 3.51. The first kappa shape index (κ1) is 13.1. The second-order valence-electron chi connectivity index (χ2n) is 3.89. The highest BCUT2D eigenvalue weighted by molar-refractivity contribution is 9.10. The highest BCUT2D eigenvalue weighted by atomic mass is 79.9. The van der Waals surface area contributed by atoms with Crippen LogP contribution in [0, 0.1) is 5.82 Å². The number of nitrogens with two attached hydrogens (primary N) is 1. The van der Waals surface area contributed by atoms with Gasteiger partial charge in [-0.3, -0.25) is 0 Å². The molecule has 0 aromatic heterocycles. The molecule has 1 unspecified atom stereocenters. The van der Waals surface area contributed by atoms with E-state index in [0.29, 0.717) is 11.3 Å². The highest BCUT2D eigenvalue weighted by Crippen LogP contribution is 2.29. The van der Waals surface area contributed by atoms with E-state index in [1.807, 2.05) is 24.3 Å². The predicted molar refractivity (Wildman–Crippen MR) is 73.1 cm³/mol. The SMILES string of the molecule is COc1ccc(C(N)c2ccccc2Br)c(F)c1. The molecule has 0 fully saturated rings. The zero-order valence-corrected chi connectivity index (χ0v) is 11.4. The zero-order valence-electron chi connectivity index (χ0n) is 9.86. The van der Waals surface area contributed by atoms with Crippen LogP contribution in [0.5, 0.6) is 5.75 Å². The second-order valence-corrected chi connectivity index (χ2v) is 4.74. The van der Waals surface area contributed by atoms with Crippen LogP contribution >= 0.6 is 15.9 Å². The fraction of sp³-hybridized carbons (Fsp3) is 0.143. The molecule has 0 radical (unpaired) electrons. The summed E-state index contributed by atoms with van der Waals surface area (Å²) in [5, 5.41) is 0. The minimum absolute atomic E-state index is 0.363. The third-order valence-electron chi connectivity index (χ3n) is 2.78. The summed E-state index contributed by atoms with van der Waals surface area (Å²) in [6, 6.07) is 11.7. The molecule has 0 heterocycles. The van der Waals surface area contributed by atoms with E-state index in [2.05, 4.69) is 15.9 Å². The Morgan fingerprint density at radius 1 is 1.17 bits per heavy atom. The van der Waals surface area contributed by atoms with E-state index in [-0.39, 0.29) is 5.82 Å². The maximum Gasteiger partial charge on any atom is 0.132 e. The summed E-state index contributed by atoms with van der Waals surface area (Å²) in [5.41, 5.74) is 7.39. The van der Waals surface area contributed by atoms with E-state index in [0.717, 1.165) is 10.0 Å². The molecule has 2 nitrogen and oxygen atoms in total. The van der Waals surface area contributed by atoms with Crippen LogP contribution in [-0.4, -0.2) is 7.11 Å². The van der Waals surface area contributed by atoms with Crippen molar-refractivity contribution < 1.29 is 9.13 Å². The molecule has 0 bridgehead atoms. The van der Waals surface area contributed by atoms with Crippen LogP contribution in [0.3, 0.4) is 0 Å². The number of hydrogen-bond acceptors (Lipinski definition) is 2. The Morgan fingerprint density at radius 2 is 1.89 bits per heavy atom. The molecule has 1 atom stereocenters. The van der Waals surface area contributed by atoms with Crippen molar-refractivity contribution in [3.8, 4) is 5.75 Å². The Balaban J connectivity index is 2.40. The fourth-order valence-corrected chi connectivity index (χ4v) is 2.31. The molecule has 2 aromatic carbocycles. The number of benzene rings is 2. The first-order valence-corrected chi connectivity index (χ1v) is 6.26. The van der Waals surface area contributed by atoms with Gasteiger partial charge in [-0.25, -0.2) is 4.39 Å². The van der Waals surface area contributed by atoms with Crippen LogP contribution in [0.1, 0.15) is 17.2 Å². The molecular formula is C14H13BrFNO. The Bertz CT molecular complexity index is 559. The van der Waals surface area contributed by atoms with Gasteiger partial charge >= 0.3 is 0 Å². The van der Waals surface area contributed by atoms with Gasteiger partial charge in [0.15, 0.2) is 0 Å². The van der Waals surface area contributed by atoms with E-state index in [1.165, 1.54) is 13.2 Å². The summed E-state index contributed by atoms with van der Waals surface area (Å²) < 4.78 is 19.8. The average Bonchev–Trinajstić information content (AvgIpc) is 2.38. The maximum absolute atomic E-state index is 13.9. The molecule has 0 saturated heterocycles. The summed E-state index contributed by atoms with van der Waals surface area (Å²) in [5.74, 6) is 0.119. The van der Waals surface area contributed by atoms with Crippen LogP contribution in [-0.2, 0) is 0 Å². The Kier molecular flexibility index (Phi) is 3.99. The molecule has 2 N–H and O–H groups in total. The van der Waals surface area contributed by atoms with Crippen LogP contribution < -0.4 is 10.5 Å². The number of hydrogen-bond donors (Lipinski definition) is 1. The second kappa shape index (κ2) is 5.50. The van der Waals surface area contributed by atoms with Gasteiger partial charge in [0.2, 0.25) is 0 Å². The maximum atomic E-state index is 13.9. The van der Waals surface area contributed by atoms with Crippen molar-refractivity contribution >= 4 is 15.9 Å². The van der Waals surface area contributed by atoms with Crippen molar-refractivity contribution in [2.24, 2.45) is 5.73 Å². The minimum Gasteiger partial charge on any atom is -0.497 e. The molecule has 0 aliphatic carbocycles. The third kappa shape index (κ3) is 2.54. The smallest absolute Gasteiger partial charge is 0.132 e. The molecule has 0 amide bonds. The molecule has 2 rings (SSSR count). The molecule has 2 aromatic rings. The summed E-state index contributed by atoms with van der Waals surface area (Å²) in [4.78, 5) is 0. The van der Waals surface area contributed by atoms with Crippen molar-refractivity contribution in [1.82, 2.24) is 0 Å². The standard InChI is InChI=1S/C14H13BrFNO/c1-18-9-6-7-11(13(16)8-9)14(17)10-4-2-3-5-12(10)15/h2-8,14H,17H2,1H3. The lowest BCUT2D eigenvalue weighted by molar-refractivity contribution is 0.410. The van der Waals surface area contributed by atoms with E-state index < -0.39 is 6.04 Å². The van der Waals surface area contributed by atoms with Gasteiger partial charge in [0.05, 0.1) is 13.2 Å². The number of methoxy groups -OCH3 is 1. The van der Waals surface area contributed by atoms with Crippen LogP contribution in [0.4, 0.5) is 4.39 Å². The lowest BCUT2D eigenvalue weighted by Gasteiger charge is -2.15. The minimum atomic E-state index is -0.508. The van der Waals surface area contributed by atoms with Gasteiger partial charge in [-0.2, -0.15) is 0 Å². The highest BCUT2D eigenvalue weighted by Gasteiger charge is 2.16. The van der Waals surface area contributed by atoms with E-state index in [4.69, 9.17) is 10.5 Å². The molecule has 18 heavy (non-hydrogen) atoms. The first-order valence-electron chi connectivity index (χ1n) is 5.47. The zero-order chi connectivity index (χ0) is 13.1. The topological polar surface area (TPSA) is 35.2 Å².